The van der Waals surface area contributed by atoms with E-state index in [0.29, 0.717) is 19.3 Å². The summed E-state index contributed by atoms with van der Waals surface area (Å²) in [4.78, 5) is 0. The Morgan fingerprint density at radius 2 is 1.17 bits per heavy atom. The van der Waals surface area contributed by atoms with E-state index < -0.39 is 61.8 Å². The quantitative estimate of drug-likeness (QED) is 0.136. The highest BCUT2D eigenvalue weighted by Crippen LogP contribution is 2.55. The summed E-state index contributed by atoms with van der Waals surface area (Å²) < 4.78 is 201. The summed E-state index contributed by atoms with van der Waals surface area (Å²) in [6, 6.07) is 0. The molecule has 0 spiro atoms. The van der Waals surface area contributed by atoms with Crippen molar-refractivity contribution in [3.63, 3.8) is 0 Å². The Morgan fingerprint density at radius 3 is 1.63 bits per heavy atom. The van der Waals surface area contributed by atoms with Gasteiger partial charge >= 0.3 is 42.5 Å². The number of hydrogen-bond acceptors (Lipinski definition) is 4. The first kappa shape index (κ1) is 33.5. The average Bonchev–Trinajstić information content (AvgIpc) is 2.62. The molecular formula is C16H17F15O4. The summed E-state index contributed by atoms with van der Waals surface area (Å²) in [5.74, 6) is -15.7. The van der Waals surface area contributed by atoms with Crippen LogP contribution in [-0.4, -0.2) is 66.9 Å². The highest BCUT2D eigenvalue weighted by Gasteiger charge is 2.85. The maximum atomic E-state index is 13.4. The molecule has 0 aromatic rings. The standard InChI is InChI=1S/C16H17F15O4/c1-2-3-4-5-6-9(32)7-33-8-10(17,18)34-15(28,29)16(30,31)35-14(26,27)12(21,22)11(19,20)13(23,24)25/h2,9,32H,1,3-8H2. The third-order valence-corrected chi connectivity index (χ3v) is 3.76. The van der Waals surface area contributed by atoms with Gasteiger partial charge in [-0.05, 0) is 19.3 Å². The van der Waals surface area contributed by atoms with E-state index in [0.717, 1.165) is 0 Å². The number of allylic oxidation sites excluding steroid dienone is 1. The van der Waals surface area contributed by atoms with Gasteiger partial charge in [-0.3, -0.25) is 0 Å². The fraction of sp³-hybridized carbons (Fsp3) is 0.875. The SMILES string of the molecule is C=CCCCCC(O)COCC(F)(F)OC(F)(F)C(F)(F)OC(F)(F)C(F)(F)C(F)(F)C(F)(F)F. The molecule has 210 valence electrons. The fourth-order valence-electron chi connectivity index (χ4n) is 1.99. The maximum absolute atomic E-state index is 13.4. The lowest BCUT2D eigenvalue weighted by molar-refractivity contribution is -0.543. The van der Waals surface area contributed by atoms with E-state index >= 15 is 0 Å². The monoisotopic (exact) mass is 558 g/mol. The predicted molar refractivity (Wildman–Crippen MR) is 83.4 cm³/mol. The van der Waals surface area contributed by atoms with Crippen LogP contribution in [-0.2, 0) is 14.2 Å². The van der Waals surface area contributed by atoms with Crippen molar-refractivity contribution in [2.75, 3.05) is 13.2 Å². The number of unbranched alkanes of at least 4 members (excludes halogenated alkanes) is 2. The molecule has 0 saturated heterocycles. The highest BCUT2D eigenvalue weighted by molar-refractivity contribution is 4.97. The molecule has 0 aliphatic rings. The number of halogens is 15. The van der Waals surface area contributed by atoms with Gasteiger partial charge in [-0.15, -0.1) is 6.58 Å². The van der Waals surface area contributed by atoms with Crippen LogP contribution in [0.4, 0.5) is 65.9 Å². The van der Waals surface area contributed by atoms with Crippen molar-refractivity contribution < 1.29 is 85.2 Å². The molecule has 0 fully saturated rings. The predicted octanol–water partition coefficient (Wildman–Crippen LogP) is 6.35. The molecule has 19 heteroatoms. The number of aliphatic hydroxyl groups is 1. The second-order valence-electron chi connectivity index (χ2n) is 6.78. The molecule has 0 amide bonds. The van der Waals surface area contributed by atoms with Gasteiger partial charge in [0.25, 0.3) is 0 Å². The molecule has 35 heavy (non-hydrogen) atoms. The van der Waals surface area contributed by atoms with Gasteiger partial charge in [0.05, 0.1) is 12.7 Å². The third-order valence-electron chi connectivity index (χ3n) is 3.76. The minimum atomic E-state index is -7.91. The summed E-state index contributed by atoms with van der Waals surface area (Å²) in [5, 5.41) is 9.41. The molecule has 1 atom stereocenters. The second-order valence-corrected chi connectivity index (χ2v) is 6.78. The van der Waals surface area contributed by atoms with Crippen LogP contribution >= 0.6 is 0 Å². The van der Waals surface area contributed by atoms with Crippen LogP contribution in [0.2, 0.25) is 0 Å². The molecule has 1 unspecified atom stereocenters. The molecule has 0 aliphatic carbocycles. The Morgan fingerprint density at radius 1 is 0.686 bits per heavy atom. The maximum Gasteiger partial charge on any atom is 0.460 e. The first-order valence-corrected chi connectivity index (χ1v) is 8.97. The minimum absolute atomic E-state index is 0.0613. The molecule has 0 rings (SSSR count). The Balaban J connectivity index is 5.30. The summed E-state index contributed by atoms with van der Waals surface area (Å²) >= 11 is 0. The summed E-state index contributed by atoms with van der Waals surface area (Å²) in [7, 11) is 0. The molecule has 0 saturated carbocycles. The zero-order chi connectivity index (χ0) is 28.1. The normalized spacial score (nSPS) is 15.9. The largest absolute Gasteiger partial charge is 0.460 e. The van der Waals surface area contributed by atoms with E-state index in [1.807, 2.05) is 0 Å². The van der Waals surface area contributed by atoms with Gasteiger partial charge in [-0.25, -0.2) is 9.47 Å². The van der Waals surface area contributed by atoms with Gasteiger partial charge in [0, 0.05) is 0 Å². The molecule has 4 nitrogen and oxygen atoms in total. The van der Waals surface area contributed by atoms with E-state index in [1.165, 1.54) is 10.8 Å². The van der Waals surface area contributed by atoms with Crippen LogP contribution in [0.3, 0.4) is 0 Å². The first-order valence-electron chi connectivity index (χ1n) is 8.97. The molecule has 0 radical (unpaired) electrons. The summed E-state index contributed by atoms with van der Waals surface area (Å²) in [6.45, 7) is 0.0433. The van der Waals surface area contributed by atoms with Crippen molar-refractivity contribution in [3.05, 3.63) is 12.7 Å². The minimum Gasteiger partial charge on any atom is -0.391 e. The van der Waals surface area contributed by atoms with Crippen LogP contribution in [0.1, 0.15) is 25.7 Å². The molecule has 0 aliphatic heterocycles. The number of alkyl halides is 15. The Hall–Kier alpha value is -1.47. The number of hydrogen-bond donors (Lipinski definition) is 1. The van der Waals surface area contributed by atoms with Crippen molar-refractivity contribution in [1.82, 2.24) is 0 Å². The van der Waals surface area contributed by atoms with Crippen LogP contribution < -0.4 is 0 Å². The van der Waals surface area contributed by atoms with Gasteiger partial charge in [-0.1, -0.05) is 12.5 Å². The Bertz CT molecular complexity index is 678. The third kappa shape index (κ3) is 8.56. The lowest BCUT2D eigenvalue weighted by atomic mass is 10.1. The van der Waals surface area contributed by atoms with Crippen molar-refractivity contribution in [2.45, 2.75) is 74.2 Å². The summed E-state index contributed by atoms with van der Waals surface area (Å²) in [6.07, 6.45) is -33.7. The number of ether oxygens (including phenoxy) is 3. The van der Waals surface area contributed by atoms with Crippen LogP contribution in [0.25, 0.3) is 0 Å². The van der Waals surface area contributed by atoms with Crippen LogP contribution in [0.5, 0.6) is 0 Å². The lowest BCUT2D eigenvalue weighted by Crippen LogP contribution is -2.64. The van der Waals surface area contributed by atoms with Crippen molar-refractivity contribution >= 4 is 0 Å². The molecule has 0 heterocycles. The van der Waals surface area contributed by atoms with Gasteiger partial charge in [0.1, 0.15) is 6.61 Å². The van der Waals surface area contributed by atoms with Crippen molar-refractivity contribution in [2.24, 2.45) is 0 Å². The zero-order valence-electron chi connectivity index (χ0n) is 16.9. The fourth-order valence-corrected chi connectivity index (χ4v) is 1.99. The topological polar surface area (TPSA) is 47.9 Å². The van der Waals surface area contributed by atoms with Crippen LogP contribution in [0, 0.1) is 0 Å². The van der Waals surface area contributed by atoms with Crippen molar-refractivity contribution in [1.29, 1.82) is 0 Å². The number of rotatable bonds is 16. The molecular weight excluding hydrogens is 541 g/mol. The van der Waals surface area contributed by atoms with Gasteiger partial charge in [0.15, 0.2) is 0 Å². The summed E-state index contributed by atoms with van der Waals surface area (Å²) in [5.41, 5.74) is 0. The van der Waals surface area contributed by atoms with E-state index in [4.69, 9.17) is 0 Å². The molecule has 0 aromatic heterocycles. The van der Waals surface area contributed by atoms with Crippen molar-refractivity contribution in [3.8, 4) is 0 Å². The van der Waals surface area contributed by atoms with Gasteiger partial charge in [-0.2, -0.15) is 65.9 Å². The average molecular weight is 558 g/mol. The van der Waals surface area contributed by atoms with E-state index in [-0.39, 0.29) is 6.42 Å². The van der Waals surface area contributed by atoms with E-state index in [1.54, 1.807) is 0 Å². The highest BCUT2D eigenvalue weighted by atomic mass is 19.4. The lowest BCUT2D eigenvalue weighted by Gasteiger charge is -2.36. The smallest absolute Gasteiger partial charge is 0.391 e. The van der Waals surface area contributed by atoms with Gasteiger partial charge < -0.3 is 9.84 Å². The van der Waals surface area contributed by atoms with E-state index in [2.05, 4.69) is 16.1 Å². The Kier molecular flexibility index (Phi) is 10.8. The first-order chi connectivity index (χ1) is 15.4. The number of aliphatic hydroxyl groups excluding tert-OH is 1. The Labute approximate surface area is 186 Å². The zero-order valence-corrected chi connectivity index (χ0v) is 16.9. The molecule has 0 aromatic carbocycles. The van der Waals surface area contributed by atoms with E-state index in [9.17, 15) is 71.0 Å². The molecule has 0 bridgehead atoms. The second kappa shape index (κ2) is 11.3. The van der Waals surface area contributed by atoms with Crippen LogP contribution in [0.15, 0.2) is 12.7 Å². The molecule has 1 N–H and O–H groups in total. The van der Waals surface area contributed by atoms with Gasteiger partial charge in [0.2, 0.25) is 0 Å².